The van der Waals surface area contributed by atoms with Crippen LogP contribution in [0.3, 0.4) is 0 Å². The van der Waals surface area contributed by atoms with Crippen LogP contribution in [0, 0.1) is 17.0 Å². The first-order valence-electron chi connectivity index (χ1n) is 7.36. The standard InChI is InChI=1S/C9H10FN3.C7H5FO.CH6N4.ClH/c10-8-3-1-2-7(4-8)5-13-6-9(11)12;8-7-3-1-2-6(4-7)5-9;2-1(3)5-4;/h1-5H,6H2,(H3,11,12);1-5H;4H2,(H4,2,3,5);1H. The van der Waals surface area contributed by atoms with Gasteiger partial charge >= 0.3 is 0 Å². The van der Waals surface area contributed by atoms with Gasteiger partial charge in [0.15, 0.2) is 0 Å². The van der Waals surface area contributed by atoms with Crippen LogP contribution < -0.4 is 23.0 Å². The number of carbonyl (C=O) groups excluding carboxylic acids is 1. The molecule has 0 aliphatic heterocycles. The van der Waals surface area contributed by atoms with E-state index in [4.69, 9.17) is 22.6 Å². The van der Waals surface area contributed by atoms with Crippen LogP contribution in [-0.2, 0) is 0 Å². The third-order valence-corrected chi connectivity index (χ3v) is 2.48. The summed E-state index contributed by atoms with van der Waals surface area (Å²) in [6, 6.07) is 11.6. The molecule has 0 aromatic heterocycles. The third-order valence-electron chi connectivity index (χ3n) is 2.48. The summed E-state index contributed by atoms with van der Waals surface area (Å²) in [7, 11) is 0. The molecule has 0 saturated heterocycles. The van der Waals surface area contributed by atoms with Crippen molar-refractivity contribution in [3.8, 4) is 0 Å². The van der Waals surface area contributed by atoms with Crippen molar-refractivity contribution in [1.82, 2.24) is 0 Å². The Kier molecular flexibility index (Phi) is 15.0. The van der Waals surface area contributed by atoms with Crippen LogP contribution in [0.5, 0.6) is 0 Å². The molecule has 9 N–H and O–H groups in total. The molecule has 0 amide bonds. The topological polar surface area (TPSA) is 170 Å². The molecule has 28 heavy (non-hydrogen) atoms. The summed E-state index contributed by atoms with van der Waals surface area (Å²) >= 11 is 0. The van der Waals surface area contributed by atoms with Crippen LogP contribution >= 0.6 is 12.4 Å². The van der Waals surface area contributed by atoms with Crippen molar-refractivity contribution in [1.29, 1.82) is 5.41 Å². The van der Waals surface area contributed by atoms with Gasteiger partial charge in [0.1, 0.15) is 23.8 Å². The Bertz CT molecular complexity index is 797. The Labute approximate surface area is 167 Å². The smallest absolute Gasteiger partial charge is 0.208 e. The number of nitrogens with zero attached hydrogens (tertiary/aromatic N) is 2. The van der Waals surface area contributed by atoms with Crippen LogP contribution in [-0.4, -0.2) is 30.8 Å². The van der Waals surface area contributed by atoms with Gasteiger partial charge < -0.3 is 23.0 Å². The first-order valence-corrected chi connectivity index (χ1v) is 7.36. The molecule has 2 aromatic carbocycles. The Morgan fingerprint density at radius 1 is 1.00 bits per heavy atom. The molecule has 2 aromatic rings. The molecule has 0 unspecified atom stereocenters. The van der Waals surface area contributed by atoms with Crippen molar-refractivity contribution in [3.05, 3.63) is 71.3 Å². The van der Waals surface area contributed by atoms with Gasteiger partial charge in [-0.3, -0.25) is 15.2 Å². The van der Waals surface area contributed by atoms with Crippen LogP contribution in [0.15, 0.2) is 58.6 Å². The second kappa shape index (κ2) is 15.7. The number of hydrogen-bond acceptors (Lipinski definition) is 5. The summed E-state index contributed by atoms with van der Waals surface area (Å²) in [5.41, 5.74) is 15.5. The van der Waals surface area contributed by atoms with Gasteiger partial charge in [0, 0.05) is 11.8 Å². The fraction of sp³-hybridized carbons (Fsp3) is 0.0588. The average Bonchev–Trinajstić information content (AvgIpc) is 2.62. The summed E-state index contributed by atoms with van der Waals surface area (Å²) < 4.78 is 24.8. The first-order chi connectivity index (χ1) is 12.8. The van der Waals surface area contributed by atoms with E-state index in [1.807, 2.05) is 0 Å². The van der Waals surface area contributed by atoms with Crippen LogP contribution in [0.1, 0.15) is 15.9 Å². The number of benzene rings is 2. The predicted molar refractivity (Wildman–Crippen MR) is 110 cm³/mol. The number of halogens is 3. The molecule has 0 atom stereocenters. The number of hydrazone groups is 1. The number of hydrogen-bond donors (Lipinski definition) is 5. The lowest BCUT2D eigenvalue weighted by molar-refractivity contribution is 0.112. The highest BCUT2D eigenvalue weighted by atomic mass is 35.5. The normalized spacial score (nSPS) is 8.93. The van der Waals surface area contributed by atoms with Crippen molar-refractivity contribution < 1.29 is 13.6 Å². The minimum absolute atomic E-state index is 0. The van der Waals surface area contributed by atoms with Crippen molar-refractivity contribution in [2.24, 2.45) is 33.1 Å². The summed E-state index contributed by atoms with van der Waals surface area (Å²) in [6.07, 6.45) is 2.10. The average molecular weight is 414 g/mol. The predicted octanol–water partition coefficient (Wildman–Crippen LogP) is 1.37. The van der Waals surface area contributed by atoms with Crippen molar-refractivity contribution in [3.63, 3.8) is 0 Å². The van der Waals surface area contributed by atoms with Gasteiger partial charge in [-0.2, -0.15) is 0 Å². The molecule has 0 aliphatic rings. The molecule has 0 saturated carbocycles. The van der Waals surface area contributed by atoms with Crippen LogP contribution in [0.4, 0.5) is 8.78 Å². The maximum atomic E-state index is 12.6. The van der Waals surface area contributed by atoms with E-state index in [1.54, 1.807) is 18.2 Å². The van der Waals surface area contributed by atoms with Gasteiger partial charge in [-0.15, -0.1) is 17.5 Å². The number of aliphatic imine (C=N–C) groups is 1. The summed E-state index contributed by atoms with van der Waals surface area (Å²) in [6.45, 7) is 0.149. The second-order valence-corrected chi connectivity index (χ2v) is 4.78. The van der Waals surface area contributed by atoms with Gasteiger partial charge in [-0.25, -0.2) is 8.78 Å². The number of nitrogens with one attached hydrogen (secondary N) is 1. The fourth-order valence-corrected chi connectivity index (χ4v) is 1.42. The molecule has 0 bridgehead atoms. The molecule has 0 heterocycles. The van der Waals surface area contributed by atoms with E-state index < -0.39 is 0 Å². The monoisotopic (exact) mass is 413 g/mol. The van der Waals surface area contributed by atoms with E-state index in [2.05, 4.69) is 15.9 Å². The van der Waals surface area contributed by atoms with Gasteiger partial charge in [-0.1, -0.05) is 24.3 Å². The van der Waals surface area contributed by atoms with E-state index in [0.717, 1.165) is 0 Å². The van der Waals surface area contributed by atoms with E-state index in [9.17, 15) is 13.6 Å². The number of guanidine groups is 1. The molecule has 152 valence electrons. The van der Waals surface area contributed by atoms with Crippen molar-refractivity contribution in [2.75, 3.05) is 6.54 Å². The van der Waals surface area contributed by atoms with E-state index in [0.29, 0.717) is 17.4 Å². The zero-order valence-electron chi connectivity index (χ0n) is 14.8. The van der Waals surface area contributed by atoms with Gasteiger partial charge in [0.2, 0.25) is 5.96 Å². The maximum Gasteiger partial charge on any atom is 0.208 e. The lowest BCUT2D eigenvalue weighted by Crippen LogP contribution is -2.23. The number of aldehydes is 1. The Balaban J connectivity index is 0. The third kappa shape index (κ3) is 14.8. The fourth-order valence-electron chi connectivity index (χ4n) is 1.42. The summed E-state index contributed by atoms with van der Waals surface area (Å²) in [5, 5.41) is 9.75. The highest BCUT2D eigenvalue weighted by Crippen LogP contribution is 2.00. The van der Waals surface area contributed by atoms with E-state index >= 15 is 0 Å². The highest BCUT2D eigenvalue weighted by Gasteiger charge is 1.91. The number of nitrogens with two attached hydrogens (primary N) is 4. The van der Waals surface area contributed by atoms with Crippen LogP contribution in [0.25, 0.3) is 0 Å². The molecular formula is C17H22ClF2N7O. The minimum atomic E-state index is -0.375. The highest BCUT2D eigenvalue weighted by molar-refractivity contribution is 5.85. The Morgan fingerprint density at radius 2 is 1.46 bits per heavy atom. The minimum Gasteiger partial charge on any atom is -0.386 e. The SMILES string of the molecule is Cl.N=C(N)CN=Cc1cccc(F)c1.NN=C(N)N.O=Cc1cccc(F)c1. The number of carbonyl (C=O) groups is 1. The number of amidine groups is 1. The number of rotatable bonds is 4. The summed E-state index contributed by atoms with van der Waals surface area (Å²) in [4.78, 5) is 13.8. The van der Waals surface area contributed by atoms with Crippen molar-refractivity contribution >= 4 is 36.7 Å². The summed E-state index contributed by atoms with van der Waals surface area (Å²) in [5.74, 6) is 3.74. The molecule has 0 fully saturated rings. The first kappa shape index (κ1) is 26.7. The largest absolute Gasteiger partial charge is 0.386 e. The molecule has 0 aliphatic carbocycles. The molecular weight excluding hydrogens is 392 g/mol. The van der Waals surface area contributed by atoms with Gasteiger partial charge in [-0.05, 0) is 29.8 Å². The zero-order valence-corrected chi connectivity index (χ0v) is 15.6. The lowest BCUT2D eigenvalue weighted by atomic mass is 10.2. The van der Waals surface area contributed by atoms with E-state index in [-0.39, 0.29) is 42.4 Å². The Hall–Kier alpha value is -3.53. The quantitative estimate of drug-likeness (QED) is 0.167. The maximum absolute atomic E-state index is 12.6. The molecule has 8 nitrogen and oxygen atoms in total. The van der Waals surface area contributed by atoms with E-state index in [1.165, 1.54) is 36.5 Å². The van der Waals surface area contributed by atoms with Crippen LogP contribution in [0.2, 0.25) is 0 Å². The molecule has 11 heteroatoms. The van der Waals surface area contributed by atoms with Gasteiger partial charge in [0.05, 0.1) is 6.54 Å². The van der Waals surface area contributed by atoms with Crippen molar-refractivity contribution in [2.45, 2.75) is 0 Å². The Morgan fingerprint density at radius 3 is 1.82 bits per heavy atom. The lowest BCUT2D eigenvalue weighted by Gasteiger charge is -1.92. The molecule has 0 spiro atoms. The molecule has 2 rings (SSSR count). The zero-order chi connectivity index (χ0) is 20.7. The molecule has 0 radical (unpaired) electrons. The second-order valence-electron chi connectivity index (χ2n) is 4.78. The van der Waals surface area contributed by atoms with Gasteiger partial charge in [0.25, 0.3) is 0 Å².